The molecule has 1 unspecified atom stereocenters. The smallest absolute Gasteiger partial charge is 0.243 e. The number of rotatable bonds is 4. The molecule has 0 bridgehead atoms. The minimum absolute atomic E-state index is 0.0375. The topological polar surface area (TPSA) is 66.0 Å². The van der Waals surface area contributed by atoms with Crippen LogP contribution in [0.5, 0.6) is 0 Å². The maximum atomic E-state index is 12.0. The highest BCUT2D eigenvalue weighted by molar-refractivity contribution is 5.85. The summed E-state index contributed by atoms with van der Waals surface area (Å²) < 4.78 is 6.24. The third-order valence-corrected chi connectivity index (χ3v) is 6.42. The van der Waals surface area contributed by atoms with E-state index in [4.69, 9.17) is 4.74 Å². The Labute approximate surface area is 164 Å². The Kier molecular flexibility index (Phi) is 7.39. The zero-order valence-electron chi connectivity index (χ0n) is 17.3. The zero-order chi connectivity index (χ0) is 19.1. The van der Waals surface area contributed by atoms with Crippen molar-refractivity contribution in [1.29, 1.82) is 0 Å². The van der Waals surface area contributed by atoms with Crippen molar-refractivity contribution in [2.45, 2.75) is 94.7 Å². The van der Waals surface area contributed by atoms with Gasteiger partial charge in [-0.1, -0.05) is 38.5 Å². The van der Waals surface area contributed by atoms with Gasteiger partial charge in [0.25, 0.3) is 0 Å². The van der Waals surface area contributed by atoms with Gasteiger partial charge in [-0.2, -0.15) is 0 Å². The van der Waals surface area contributed by atoms with Crippen LogP contribution in [0.1, 0.15) is 77.0 Å². The average Bonchev–Trinajstić information content (AvgIpc) is 2.67. The molecule has 0 aromatic heterocycles. The molecule has 1 saturated heterocycles. The van der Waals surface area contributed by atoms with Crippen molar-refractivity contribution in [1.82, 2.24) is 15.5 Å². The second-order valence-electron chi connectivity index (χ2n) is 8.86. The fourth-order valence-corrected chi connectivity index (χ4v) is 4.75. The van der Waals surface area contributed by atoms with Crippen LogP contribution < -0.4 is 10.6 Å². The molecule has 1 aliphatic heterocycles. The molecule has 0 aromatic rings. The summed E-state index contributed by atoms with van der Waals surface area (Å²) in [4.78, 5) is 18.3. The normalized spacial score (nSPS) is 26.6. The highest BCUT2D eigenvalue weighted by Gasteiger charge is 2.38. The van der Waals surface area contributed by atoms with E-state index in [9.17, 15) is 4.79 Å². The van der Waals surface area contributed by atoms with Crippen LogP contribution >= 0.6 is 0 Å². The summed E-state index contributed by atoms with van der Waals surface area (Å²) in [7, 11) is 3.57. The van der Waals surface area contributed by atoms with Gasteiger partial charge in [-0.25, -0.2) is 4.99 Å². The van der Waals surface area contributed by atoms with E-state index in [1.165, 1.54) is 64.2 Å². The summed E-state index contributed by atoms with van der Waals surface area (Å²) in [5.41, 5.74) is 0.0730. The molecule has 0 aromatic carbocycles. The predicted molar refractivity (Wildman–Crippen MR) is 109 cm³/mol. The monoisotopic (exact) mass is 378 g/mol. The van der Waals surface area contributed by atoms with Gasteiger partial charge >= 0.3 is 0 Å². The summed E-state index contributed by atoms with van der Waals surface area (Å²) in [6.07, 6.45) is 14.6. The Balaban J connectivity index is 1.62. The molecule has 3 aliphatic rings. The number of hydrogen-bond donors (Lipinski definition) is 2. The molecule has 154 valence electrons. The molecular weight excluding hydrogens is 340 g/mol. The largest absolute Gasteiger partial charge is 0.375 e. The summed E-state index contributed by atoms with van der Waals surface area (Å²) in [5.74, 6) is 0.852. The van der Waals surface area contributed by atoms with E-state index in [0.29, 0.717) is 12.1 Å². The molecule has 2 aliphatic carbocycles. The van der Waals surface area contributed by atoms with Gasteiger partial charge in [-0.3, -0.25) is 4.79 Å². The fraction of sp³-hybridized carbons (Fsp3) is 0.905. The van der Waals surface area contributed by atoms with Crippen LogP contribution in [-0.2, 0) is 9.53 Å². The summed E-state index contributed by atoms with van der Waals surface area (Å²) in [6, 6.07) is 0.851. The van der Waals surface area contributed by atoms with Crippen LogP contribution in [0, 0.1) is 0 Å². The third-order valence-electron chi connectivity index (χ3n) is 6.42. The number of likely N-dealkylation sites (N-methyl/N-ethyl adjacent to an activating group) is 1. The standard InChI is InChI=1S/C21H38N4O2/c1-25(2)19(26)16-22-20(23-17-9-5-3-6-10-17)24-18-11-14-27-21(15-18)12-7-4-8-13-21/h17-18H,3-16H2,1-2H3,(H2,22,23,24). The number of nitrogens with zero attached hydrogens (tertiary/aromatic N) is 2. The van der Waals surface area contributed by atoms with E-state index < -0.39 is 0 Å². The van der Waals surface area contributed by atoms with Gasteiger partial charge in [0.2, 0.25) is 5.91 Å². The van der Waals surface area contributed by atoms with Crippen LogP contribution in [0.25, 0.3) is 0 Å². The first kappa shape index (κ1) is 20.4. The quantitative estimate of drug-likeness (QED) is 0.583. The van der Waals surface area contributed by atoms with Gasteiger partial charge in [0.05, 0.1) is 5.60 Å². The number of nitrogens with one attached hydrogen (secondary N) is 2. The van der Waals surface area contributed by atoms with Crippen LogP contribution in [0.2, 0.25) is 0 Å². The highest BCUT2D eigenvalue weighted by atomic mass is 16.5. The number of ether oxygens (including phenoxy) is 1. The molecule has 6 nitrogen and oxygen atoms in total. The van der Waals surface area contributed by atoms with Crippen LogP contribution in [0.4, 0.5) is 0 Å². The second kappa shape index (κ2) is 9.76. The van der Waals surface area contributed by atoms with Gasteiger partial charge in [0.1, 0.15) is 6.54 Å². The van der Waals surface area contributed by atoms with Crippen molar-refractivity contribution in [2.24, 2.45) is 4.99 Å². The Bertz CT molecular complexity index is 503. The molecule has 1 heterocycles. The summed E-state index contributed by atoms with van der Waals surface area (Å²) in [6.45, 7) is 1.02. The highest BCUT2D eigenvalue weighted by Crippen LogP contribution is 2.38. The molecule has 0 radical (unpaired) electrons. The van der Waals surface area contributed by atoms with Crippen LogP contribution in [0.3, 0.4) is 0 Å². The number of guanidine groups is 1. The molecule has 1 spiro atoms. The van der Waals surface area contributed by atoms with Gasteiger partial charge < -0.3 is 20.3 Å². The molecule has 27 heavy (non-hydrogen) atoms. The lowest BCUT2D eigenvalue weighted by atomic mass is 9.78. The van der Waals surface area contributed by atoms with Crippen molar-refractivity contribution < 1.29 is 9.53 Å². The molecular formula is C21H38N4O2. The zero-order valence-corrected chi connectivity index (χ0v) is 17.3. The predicted octanol–water partition coefficient (Wildman–Crippen LogP) is 2.82. The van der Waals surface area contributed by atoms with E-state index in [1.807, 2.05) is 0 Å². The van der Waals surface area contributed by atoms with Gasteiger partial charge in [-0.15, -0.1) is 0 Å². The van der Waals surface area contributed by atoms with E-state index in [-0.39, 0.29) is 18.1 Å². The Morgan fingerprint density at radius 1 is 1.00 bits per heavy atom. The fourth-order valence-electron chi connectivity index (χ4n) is 4.75. The molecule has 6 heteroatoms. The number of carbonyl (C=O) groups is 1. The third kappa shape index (κ3) is 6.09. The SMILES string of the molecule is CN(C)C(=O)CN=C(NC1CCCCC1)NC1CCOC2(CCCCC2)C1. The summed E-state index contributed by atoms with van der Waals surface area (Å²) in [5, 5.41) is 7.27. The Morgan fingerprint density at radius 3 is 2.37 bits per heavy atom. The molecule has 3 fully saturated rings. The molecule has 2 N–H and O–H groups in total. The summed E-state index contributed by atoms with van der Waals surface area (Å²) >= 11 is 0. The van der Waals surface area contributed by atoms with E-state index >= 15 is 0 Å². The van der Waals surface area contributed by atoms with Gasteiger partial charge in [-0.05, 0) is 38.5 Å². The molecule has 2 saturated carbocycles. The van der Waals surface area contributed by atoms with E-state index in [2.05, 4.69) is 15.6 Å². The molecule has 1 atom stereocenters. The number of hydrogen-bond acceptors (Lipinski definition) is 3. The van der Waals surface area contributed by atoms with Crippen LogP contribution in [-0.4, -0.2) is 61.7 Å². The number of carbonyl (C=O) groups excluding carboxylic acids is 1. The number of aliphatic imine (C=N–C) groups is 1. The van der Waals surface area contributed by atoms with Crippen molar-refractivity contribution in [2.75, 3.05) is 27.2 Å². The van der Waals surface area contributed by atoms with E-state index in [0.717, 1.165) is 25.4 Å². The second-order valence-corrected chi connectivity index (χ2v) is 8.86. The number of amides is 1. The van der Waals surface area contributed by atoms with Crippen molar-refractivity contribution in [3.63, 3.8) is 0 Å². The van der Waals surface area contributed by atoms with Crippen LogP contribution in [0.15, 0.2) is 4.99 Å². The lowest BCUT2D eigenvalue weighted by molar-refractivity contribution is -0.127. The van der Waals surface area contributed by atoms with E-state index in [1.54, 1.807) is 19.0 Å². The first-order valence-corrected chi connectivity index (χ1v) is 11.0. The van der Waals surface area contributed by atoms with Crippen molar-refractivity contribution in [3.8, 4) is 0 Å². The average molecular weight is 379 g/mol. The van der Waals surface area contributed by atoms with Crippen molar-refractivity contribution >= 4 is 11.9 Å². The first-order valence-electron chi connectivity index (χ1n) is 11.0. The maximum Gasteiger partial charge on any atom is 0.243 e. The Hall–Kier alpha value is -1.30. The maximum absolute atomic E-state index is 12.0. The Morgan fingerprint density at radius 2 is 1.67 bits per heavy atom. The lowest BCUT2D eigenvalue weighted by Crippen LogP contribution is -2.53. The van der Waals surface area contributed by atoms with Gasteiger partial charge in [0.15, 0.2) is 5.96 Å². The first-order chi connectivity index (χ1) is 13.1. The minimum Gasteiger partial charge on any atom is -0.375 e. The van der Waals surface area contributed by atoms with Gasteiger partial charge in [0, 0.05) is 32.8 Å². The molecule has 1 amide bonds. The molecule has 3 rings (SSSR count). The lowest BCUT2D eigenvalue weighted by Gasteiger charge is -2.44. The van der Waals surface area contributed by atoms with Crippen molar-refractivity contribution in [3.05, 3.63) is 0 Å². The minimum atomic E-state index is 0.0375.